The van der Waals surface area contributed by atoms with Crippen LogP contribution < -0.4 is 0 Å². The fourth-order valence-electron chi connectivity index (χ4n) is 1.01. The Hall–Kier alpha value is -0.660. The first kappa shape index (κ1) is 11.3. The fourth-order valence-corrected chi connectivity index (χ4v) is 1.01. The van der Waals surface area contributed by atoms with Crippen molar-refractivity contribution >= 4 is 6.08 Å². The second kappa shape index (κ2) is 10.3. The third-order valence-corrected chi connectivity index (χ3v) is 1.68. The number of hydrogen-bond acceptors (Lipinski definition) is 3. The van der Waals surface area contributed by atoms with Crippen LogP contribution in [0.5, 0.6) is 0 Å². The van der Waals surface area contributed by atoms with E-state index in [1.807, 2.05) is 0 Å². The molecule has 12 heavy (non-hydrogen) atoms. The van der Waals surface area contributed by atoms with E-state index in [2.05, 4.69) is 4.99 Å². The third kappa shape index (κ3) is 9.34. The highest BCUT2D eigenvalue weighted by Gasteiger charge is 1.89. The Balaban J connectivity index is 2.86. The lowest BCUT2D eigenvalue weighted by molar-refractivity contribution is 0.192. The summed E-state index contributed by atoms with van der Waals surface area (Å²) < 4.78 is 4.92. The highest BCUT2D eigenvalue weighted by molar-refractivity contribution is 5.32. The van der Waals surface area contributed by atoms with Gasteiger partial charge in [-0.05, 0) is 12.8 Å². The number of unbranched alkanes of at least 4 members (excludes halogenated alkanes) is 4. The molecule has 0 radical (unpaired) electrons. The van der Waals surface area contributed by atoms with Crippen LogP contribution in [0, 0.1) is 0 Å². The monoisotopic (exact) mass is 171 g/mol. The summed E-state index contributed by atoms with van der Waals surface area (Å²) in [7, 11) is 1.72. The predicted molar refractivity (Wildman–Crippen MR) is 47.9 cm³/mol. The van der Waals surface area contributed by atoms with Gasteiger partial charge in [-0.15, -0.1) is 0 Å². The number of hydrogen-bond donors (Lipinski definition) is 0. The van der Waals surface area contributed by atoms with Crippen LogP contribution in [0.3, 0.4) is 0 Å². The maximum absolute atomic E-state index is 9.67. The zero-order valence-electron chi connectivity index (χ0n) is 7.71. The molecule has 0 heterocycles. The van der Waals surface area contributed by atoms with Crippen molar-refractivity contribution in [2.75, 3.05) is 20.3 Å². The van der Waals surface area contributed by atoms with Crippen LogP contribution in [-0.2, 0) is 9.53 Å². The molecule has 0 aromatic rings. The molecule has 0 aliphatic carbocycles. The number of isocyanates is 1. The van der Waals surface area contributed by atoms with Gasteiger partial charge in [-0.2, -0.15) is 0 Å². The molecule has 0 unspecified atom stereocenters. The summed E-state index contributed by atoms with van der Waals surface area (Å²) in [6, 6.07) is 0. The Morgan fingerprint density at radius 3 is 2.50 bits per heavy atom. The van der Waals surface area contributed by atoms with Crippen LogP contribution in [0.1, 0.15) is 32.1 Å². The van der Waals surface area contributed by atoms with Gasteiger partial charge in [-0.1, -0.05) is 19.3 Å². The Morgan fingerprint density at radius 1 is 1.17 bits per heavy atom. The van der Waals surface area contributed by atoms with E-state index in [-0.39, 0.29) is 0 Å². The summed E-state index contributed by atoms with van der Waals surface area (Å²) >= 11 is 0. The highest BCUT2D eigenvalue weighted by atomic mass is 16.5. The van der Waals surface area contributed by atoms with Crippen molar-refractivity contribution in [1.29, 1.82) is 0 Å². The summed E-state index contributed by atoms with van der Waals surface area (Å²) in [5.74, 6) is 0. The molecule has 3 heteroatoms. The minimum absolute atomic E-state index is 0.633. The number of carbonyl (C=O) groups excluding carboxylic acids is 1. The van der Waals surface area contributed by atoms with E-state index >= 15 is 0 Å². The Bertz CT molecular complexity index is 130. The van der Waals surface area contributed by atoms with Crippen molar-refractivity contribution in [2.45, 2.75) is 32.1 Å². The van der Waals surface area contributed by atoms with E-state index in [1.165, 1.54) is 18.9 Å². The second-order valence-electron chi connectivity index (χ2n) is 2.73. The summed E-state index contributed by atoms with van der Waals surface area (Å²) in [6.07, 6.45) is 7.23. The lowest BCUT2D eigenvalue weighted by Crippen LogP contribution is -1.88. The van der Waals surface area contributed by atoms with Gasteiger partial charge < -0.3 is 4.74 Å². The molecule has 0 aliphatic rings. The van der Waals surface area contributed by atoms with Crippen LogP contribution in [-0.4, -0.2) is 26.3 Å². The van der Waals surface area contributed by atoms with Crippen LogP contribution in [0.15, 0.2) is 4.99 Å². The van der Waals surface area contributed by atoms with Crippen molar-refractivity contribution in [3.63, 3.8) is 0 Å². The molecule has 0 aromatic carbocycles. The quantitative estimate of drug-likeness (QED) is 0.318. The van der Waals surface area contributed by atoms with Crippen molar-refractivity contribution < 1.29 is 9.53 Å². The lowest BCUT2D eigenvalue weighted by Gasteiger charge is -1.98. The molecular formula is C9H17NO2. The van der Waals surface area contributed by atoms with Crippen molar-refractivity contribution in [3.8, 4) is 0 Å². The maximum atomic E-state index is 9.67. The molecular weight excluding hydrogens is 154 g/mol. The first-order valence-corrected chi connectivity index (χ1v) is 4.44. The molecule has 0 rings (SSSR count). The summed E-state index contributed by atoms with van der Waals surface area (Å²) in [5.41, 5.74) is 0. The van der Waals surface area contributed by atoms with Crippen LogP contribution >= 0.6 is 0 Å². The van der Waals surface area contributed by atoms with Crippen molar-refractivity contribution in [3.05, 3.63) is 0 Å². The molecule has 70 valence electrons. The van der Waals surface area contributed by atoms with Crippen molar-refractivity contribution in [1.82, 2.24) is 0 Å². The van der Waals surface area contributed by atoms with Crippen LogP contribution in [0.25, 0.3) is 0 Å². The SMILES string of the molecule is COCCCCCCCN=C=O. The number of methoxy groups -OCH3 is 1. The number of rotatable bonds is 8. The summed E-state index contributed by atoms with van der Waals surface area (Å²) in [6.45, 7) is 1.49. The van der Waals surface area contributed by atoms with Gasteiger partial charge in [0.05, 0.1) is 6.54 Å². The Kier molecular flexibility index (Phi) is 9.77. The predicted octanol–water partition coefficient (Wildman–Crippen LogP) is 1.92. The Labute approximate surface area is 73.8 Å². The molecule has 3 nitrogen and oxygen atoms in total. The van der Waals surface area contributed by atoms with Gasteiger partial charge in [0.2, 0.25) is 6.08 Å². The van der Waals surface area contributed by atoms with Gasteiger partial charge in [0.15, 0.2) is 0 Å². The summed E-state index contributed by atoms with van der Waals surface area (Å²) in [4.78, 5) is 13.1. The minimum Gasteiger partial charge on any atom is -0.385 e. The highest BCUT2D eigenvalue weighted by Crippen LogP contribution is 2.02. The van der Waals surface area contributed by atoms with E-state index in [0.29, 0.717) is 6.54 Å². The largest absolute Gasteiger partial charge is 0.385 e. The van der Waals surface area contributed by atoms with Crippen LogP contribution in [0.2, 0.25) is 0 Å². The van der Waals surface area contributed by atoms with Crippen molar-refractivity contribution in [2.24, 2.45) is 4.99 Å². The molecule has 0 atom stereocenters. The molecule has 0 fully saturated rings. The molecule has 0 aliphatic heterocycles. The zero-order valence-corrected chi connectivity index (χ0v) is 7.71. The smallest absolute Gasteiger partial charge is 0.234 e. The number of ether oxygens (including phenoxy) is 1. The topological polar surface area (TPSA) is 38.7 Å². The van der Waals surface area contributed by atoms with E-state index < -0.39 is 0 Å². The second-order valence-corrected chi connectivity index (χ2v) is 2.73. The number of nitrogens with zero attached hydrogens (tertiary/aromatic N) is 1. The zero-order chi connectivity index (χ0) is 9.07. The first-order chi connectivity index (χ1) is 5.91. The van der Waals surface area contributed by atoms with Gasteiger partial charge in [0, 0.05) is 13.7 Å². The third-order valence-electron chi connectivity index (χ3n) is 1.68. The molecule has 0 N–H and O–H groups in total. The molecule has 0 saturated carbocycles. The van der Waals surface area contributed by atoms with E-state index in [4.69, 9.17) is 4.74 Å². The molecule has 0 aromatic heterocycles. The average Bonchev–Trinajstić information content (AvgIpc) is 2.10. The van der Waals surface area contributed by atoms with E-state index in [0.717, 1.165) is 25.9 Å². The Morgan fingerprint density at radius 2 is 1.83 bits per heavy atom. The van der Waals surface area contributed by atoms with Gasteiger partial charge in [-0.25, -0.2) is 9.79 Å². The number of aliphatic imine (C=N–C) groups is 1. The lowest BCUT2D eigenvalue weighted by atomic mass is 10.1. The van der Waals surface area contributed by atoms with E-state index in [9.17, 15) is 4.79 Å². The molecule has 0 bridgehead atoms. The maximum Gasteiger partial charge on any atom is 0.234 e. The summed E-state index contributed by atoms with van der Waals surface area (Å²) in [5, 5.41) is 0. The van der Waals surface area contributed by atoms with Gasteiger partial charge in [-0.3, -0.25) is 0 Å². The fraction of sp³-hybridized carbons (Fsp3) is 0.889. The minimum atomic E-state index is 0.633. The van der Waals surface area contributed by atoms with Gasteiger partial charge >= 0.3 is 0 Å². The molecule has 0 spiro atoms. The standard InChI is InChI=1S/C9H17NO2/c1-12-8-6-4-2-3-5-7-10-9-11/h2-8H2,1H3. The first-order valence-electron chi connectivity index (χ1n) is 4.44. The van der Waals surface area contributed by atoms with Gasteiger partial charge in [0.1, 0.15) is 0 Å². The molecule has 0 amide bonds. The molecule has 0 saturated heterocycles. The van der Waals surface area contributed by atoms with E-state index in [1.54, 1.807) is 7.11 Å². The van der Waals surface area contributed by atoms with Gasteiger partial charge in [0.25, 0.3) is 0 Å². The van der Waals surface area contributed by atoms with Crippen LogP contribution in [0.4, 0.5) is 0 Å². The average molecular weight is 171 g/mol. The normalized spacial score (nSPS) is 9.42.